The molecule has 0 atom stereocenters. The molecule has 28 heavy (non-hydrogen) atoms. The van der Waals surface area contributed by atoms with E-state index in [4.69, 9.17) is 0 Å². The lowest BCUT2D eigenvalue weighted by Crippen LogP contribution is -2.13. The second-order valence-corrected chi connectivity index (χ2v) is 7.01. The molecule has 8 nitrogen and oxygen atoms in total. The highest BCUT2D eigenvalue weighted by Gasteiger charge is 2.12. The first-order valence-electron chi connectivity index (χ1n) is 9.04. The van der Waals surface area contributed by atoms with E-state index in [1.807, 2.05) is 62.8 Å². The molecule has 0 fully saturated rings. The summed E-state index contributed by atoms with van der Waals surface area (Å²) < 4.78 is 3.77. The lowest BCUT2D eigenvalue weighted by Gasteiger charge is -2.07. The molecule has 8 heteroatoms. The van der Waals surface area contributed by atoms with Crippen LogP contribution in [0.3, 0.4) is 0 Å². The van der Waals surface area contributed by atoms with Gasteiger partial charge in [0.1, 0.15) is 5.82 Å². The van der Waals surface area contributed by atoms with Crippen molar-refractivity contribution in [2.75, 3.05) is 5.32 Å². The zero-order valence-electron chi connectivity index (χ0n) is 16.2. The Morgan fingerprint density at radius 1 is 1.14 bits per heavy atom. The van der Waals surface area contributed by atoms with Crippen LogP contribution < -0.4 is 5.32 Å². The quantitative estimate of drug-likeness (QED) is 0.591. The van der Waals surface area contributed by atoms with Crippen LogP contribution in [0.25, 0.3) is 22.2 Å². The van der Waals surface area contributed by atoms with E-state index in [9.17, 15) is 4.79 Å². The molecule has 4 aromatic rings. The van der Waals surface area contributed by atoms with Crippen molar-refractivity contribution in [3.63, 3.8) is 0 Å². The maximum Gasteiger partial charge on any atom is 0.260 e. The van der Waals surface area contributed by atoms with Crippen molar-refractivity contribution >= 4 is 22.6 Å². The van der Waals surface area contributed by atoms with E-state index in [0.29, 0.717) is 11.4 Å². The van der Waals surface area contributed by atoms with Gasteiger partial charge in [-0.15, -0.1) is 10.2 Å². The molecular formula is C20H21N7O. The Hall–Kier alpha value is -3.55. The molecule has 1 N–H and O–H groups in total. The van der Waals surface area contributed by atoms with Gasteiger partial charge in [-0.3, -0.25) is 9.48 Å². The van der Waals surface area contributed by atoms with Crippen LogP contribution in [0.5, 0.6) is 0 Å². The van der Waals surface area contributed by atoms with Gasteiger partial charge < -0.3 is 9.88 Å². The van der Waals surface area contributed by atoms with Gasteiger partial charge in [0.25, 0.3) is 5.91 Å². The fraction of sp³-hybridized carbons (Fsp3) is 0.250. The summed E-state index contributed by atoms with van der Waals surface area (Å²) in [5.74, 6) is 1.07. The summed E-state index contributed by atoms with van der Waals surface area (Å²) in [7, 11) is 1.98. The van der Waals surface area contributed by atoms with E-state index in [2.05, 4.69) is 25.6 Å². The average molecular weight is 375 g/mol. The molecule has 0 spiro atoms. The predicted molar refractivity (Wildman–Crippen MR) is 107 cm³/mol. The van der Waals surface area contributed by atoms with Gasteiger partial charge in [-0.25, -0.2) is 4.98 Å². The van der Waals surface area contributed by atoms with Gasteiger partial charge in [-0.1, -0.05) is 6.07 Å². The number of hydrogen-bond acceptors (Lipinski definition) is 5. The molecule has 0 radical (unpaired) electrons. The zero-order chi connectivity index (χ0) is 19.8. The molecule has 1 aromatic carbocycles. The Morgan fingerprint density at radius 3 is 2.64 bits per heavy atom. The maximum atomic E-state index is 12.5. The lowest BCUT2D eigenvalue weighted by molar-refractivity contribution is 0.102. The number of benzene rings is 1. The number of carbonyl (C=O) groups excluding carboxylic acids is 1. The fourth-order valence-electron chi connectivity index (χ4n) is 2.96. The number of aromatic nitrogens is 6. The largest absolute Gasteiger partial charge is 0.331 e. The van der Waals surface area contributed by atoms with E-state index < -0.39 is 0 Å². The highest BCUT2D eigenvalue weighted by molar-refractivity contribution is 6.04. The van der Waals surface area contributed by atoms with Crippen LogP contribution in [0.15, 0.2) is 42.9 Å². The smallest absolute Gasteiger partial charge is 0.260 e. The third-order valence-electron chi connectivity index (χ3n) is 4.74. The number of nitrogens with zero attached hydrogens (tertiary/aromatic N) is 6. The summed E-state index contributed by atoms with van der Waals surface area (Å²) in [6.07, 6.45) is 5.12. The summed E-state index contributed by atoms with van der Waals surface area (Å²) in [4.78, 5) is 16.8. The molecule has 0 saturated heterocycles. The van der Waals surface area contributed by atoms with Gasteiger partial charge in [-0.05, 0) is 39.0 Å². The molecule has 0 aliphatic rings. The van der Waals surface area contributed by atoms with Crippen molar-refractivity contribution in [2.24, 2.45) is 7.05 Å². The number of nitrogens with one attached hydrogen (secondary N) is 1. The van der Waals surface area contributed by atoms with Gasteiger partial charge in [0, 0.05) is 30.2 Å². The minimum Gasteiger partial charge on any atom is -0.331 e. The SMILES string of the molecule is Cc1ncc(-c2ccc3nnc(NC(=O)c4cnn(C(C)C)c4)cc3c2)n1C. The minimum atomic E-state index is -0.265. The van der Waals surface area contributed by atoms with E-state index >= 15 is 0 Å². The van der Waals surface area contributed by atoms with Crippen molar-refractivity contribution < 1.29 is 4.79 Å². The monoisotopic (exact) mass is 375 g/mol. The Labute approximate surface area is 162 Å². The third-order valence-corrected chi connectivity index (χ3v) is 4.74. The number of imidazole rings is 1. The van der Waals surface area contributed by atoms with Crippen LogP contribution in [0, 0.1) is 6.92 Å². The Morgan fingerprint density at radius 2 is 1.96 bits per heavy atom. The van der Waals surface area contributed by atoms with E-state index in [-0.39, 0.29) is 11.9 Å². The summed E-state index contributed by atoms with van der Waals surface area (Å²) in [5, 5.41) is 16.2. The molecule has 3 aromatic heterocycles. The summed E-state index contributed by atoms with van der Waals surface area (Å²) in [6, 6.07) is 7.94. The molecule has 3 heterocycles. The number of rotatable bonds is 4. The van der Waals surface area contributed by atoms with Gasteiger partial charge in [0.15, 0.2) is 5.82 Å². The Kier molecular flexibility index (Phi) is 4.38. The van der Waals surface area contributed by atoms with Crippen LogP contribution in [0.1, 0.15) is 36.1 Å². The summed E-state index contributed by atoms with van der Waals surface area (Å²) in [5.41, 5.74) is 3.28. The highest BCUT2D eigenvalue weighted by atomic mass is 16.1. The molecule has 0 aliphatic heterocycles. The molecule has 0 saturated carbocycles. The highest BCUT2D eigenvalue weighted by Crippen LogP contribution is 2.25. The van der Waals surface area contributed by atoms with E-state index in [1.165, 1.54) is 0 Å². The molecule has 142 valence electrons. The lowest BCUT2D eigenvalue weighted by atomic mass is 10.1. The second kappa shape index (κ2) is 6.88. The second-order valence-electron chi connectivity index (χ2n) is 7.01. The minimum absolute atomic E-state index is 0.191. The normalized spacial score (nSPS) is 11.3. The Balaban J connectivity index is 1.62. The van der Waals surface area contributed by atoms with E-state index in [0.717, 1.165) is 28.0 Å². The zero-order valence-corrected chi connectivity index (χ0v) is 16.2. The van der Waals surface area contributed by atoms with Crippen molar-refractivity contribution in [2.45, 2.75) is 26.8 Å². The standard InChI is InChI=1S/C20H21N7O/c1-12(2)27-11-16(9-22-27)20(28)23-19-8-15-7-14(5-6-17(15)24-25-19)18-10-21-13(3)26(18)4/h5-12H,1-4H3,(H,23,25,28). The molecule has 0 unspecified atom stereocenters. The van der Waals surface area contributed by atoms with Crippen molar-refractivity contribution in [3.05, 3.63) is 54.2 Å². The fourth-order valence-corrected chi connectivity index (χ4v) is 2.96. The first-order chi connectivity index (χ1) is 13.4. The summed E-state index contributed by atoms with van der Waals surface area (Å²) in [6.45, 7) is 5.97. The van der Waals surface area contributed by atoms with Crippen molar-refractivity contribution in [1.82, 2.24) is 29.5 Å². The molecule has 0 aliphatic carbocycles. The van der Waals surface area contributed by atoms with Gasteiger partial charge in [-0.2, -0.15) is 5.10 Å². The van der Waals surface area contributed by atoms with Crippen LogP contribution >= 0.6 is 0 Å². The molecule has 0 bridgehead atoms. The molecule has 1 amide bonds. The van der Waals surface area contributed by atoms with Crippen LogP contribution in [-0.2, 0) is 7.05 Å². The predicted octanol–water partition coefficient (Wildman–Crippen LogP) is 3.37. The number of fused-ring (bicyclic) bond motifs is 1. The molecule has 4 rings (SSSR count). The van der Waals surface area contributed by atoms with Gasteiger partial charge in [0.2, 0.25) is 0 Å². The summed E-state index contributed by atoms with van der Waals surface area (Å²) >= 11 is 0. The number of carbonyl (C=O) groups is 1. The maximum absolute atomic E-state index is 12.5. The van der Waals surface area contributed by atoms with Gasteiger partial charge in [0.05, 0.1) is 29.2 Å². The van der Waals surface area contributed by atoms with Crippen LogP contribution in [0.2, 0.25) is 0 Å². The first kappa shape index (κ1) is 17.8. The van der Waals surface area contributed by atoms with Crippen molar-refractivity contribution in [1.29, 1.82) is 0 Å². The average Bonchev–Trinajstić information content (AvgIpc) is 3.29. The Bertz CT molecular complexity index is 1170. The van der Waals surface area contributed by atoms with Crippen LogP contribution in [0.4, 0.5) is 5.82 Å². The van der Waals surface area contributed by atoms with Crippen molar-refractivity contribution in [3.8, 4) is 11.3 Å². The van der Waals surface area contributed by atoms with Crippen LogP contribution in [-0.4, -0.2) is 35.4 Å². The third kappa shape index (κ3) is 3.24. The number of hydrogen-bond donors (Lipinski definition) is 1. The number of amides is 1. The molecular weight excluding hydrogens is 354 g/mol. The number of aryl methyl sites for hydroxylation is 1. The van der Waals surface area contributed by atoms with E-state index in [1.54, 1.807) is 17.1 Å². The topological polar surface area (TPSA) is 90.5 Å². The first-order valence-corrected chi connectivity index (χ1v) is 9.04. The number of anilines is 1. The van der Waals surface area contributed by atoms with Gasteiger partial charge >= 0.3 is 0 Å².